The fraction of sp³-hybridized carbons (Fsp3) is 0.529. The van der Waals surface area contributed by atoms with Crippen LogP contribution in [0.25, 0.3) is 0 Å². The van der Waals surface area contributed by atoms with Crippen LogP contribution in [-0.2, 0) is 0 Å². The zero-order chi connectivity index (χ0) is 15.5. The van der Waals surface area contributed by atoms with Crippen molar-refractivity contribution in [2.75, 3.05) is 26.7 Å². The molecule has 3 rings (SSSR count). The third-order valence-electron chi connectivity index (χ3n) is 4.36. The largest absolute Gasteiger partial charge is 0.339 e. The van der Waals surface area contributed by atoms with Gasteiger partial charge in [-0.05, 0) is 18.5 Å². The van der Waals surface area contributed by atoms with Crippen LogP contribution in [0.1, 0.15) is 43.1 Å². The lowest BCUT2D eigenvalue weighted by molar-refractivity contribution is 0.190. The first-order valence-corrected chi connectivity index (χ1v) is 7.96. The fourth-order valence-corrected chi connectivity index (χ4v) is 3.08. The van der Waals surface area contributed by atoms with E-state index in [-0.39, 0.29) is 12.0 Å². The summed E-state index contributed by atoms with van der Waals surface area (Å²) in [5, 5.41) is 7.64. The Kier molecular flexibility index (Phi) is 4.55. The van der Waals surface area contributed by atoms with Gasteiger partial charge in [-0.25, -0.2) is 0 Å². The monoisotopic (exact) mass is 300 g/mol. The standard InChI is InChI=1S/C17H24N4O/c1-12(2)15(13-7-5-4-6-8-13)17-19-16(20-22-17)14-11-18-9-10-21(14)3/h4-8,12,14-15,18H,9-11H2,1-3H3. The lowest BCUT2D eigenvalue weighted by Gasteiger charge is -2.30. The van der Waals surface area contributed by atoms with Crippen LogP contribution in [-0.4, -0.2) is 41.7 Å². The minimum absolute atomic E-state index is 0.143. The highest BCUT2D eigenvalue weighted by molar-refractivity contribution is 5.25. The molecule has 118 valence electrons. The van der Waals surface area contributed by atoms with E-state index < -0.39 is 0 Å². The Hall–Kier alpha value is -1.72. The van der Waals surface area contributed by atoms with Crippen LogP contribution in [0, 0.1) is 5.92 Å². The molecule has 0 radical (unpaired) electrons. The number of aromatic nitrogens is 2. The van der Waals surface area contributed by atoms with Crippen LogP contribution in [0.5, 0.6) is 0 Å². The number of rotatable bonds is 4. The Morgan fingerprint density at radius 1 is 1.27 bits per heavy atom. The predicted octanol–water partition coefficient (Wildman–Crippen LogP) is 2.43. The minimum atomic E-state index is 0.143. The van der Waals surface area contributed by atoms with Crippen molar-refractivity contribution in [3.8, 4) is 0 Å². The summed E-state index contributed by atoms with van der Waals surface area (Å²) in [6.45, 7) is 7.26. The number of piperazine rings is 1. The Morgan fingerprint density at radius 3 is 2.73 bits per heavy atom. The summed E-state index contributed by atoms with van der Waals surface area (Å²) in [4.78, 5) is 7.00. The van der Waals surface area contributed by atoms with Gasteiger partial charge >= 0.3 is 0 Å². The van der Waals surface area contributed by atoms with E-state index in [0.29, 0.717) is 5.92 Å². The molecule has 1 aliphatic heterocycles. The van der Waals surface area contributed by atoms with Crippen LogP contribution < -0.4 is 5.32 Å². The lowest BCUT2D eigenvalue weighted by Crippen LogP contribution is -2.44. The van der Waals surface area contributed by atoms with E-state index in [1.165, 1.54) is 5.56 Å². The molecule has 0 spiro atoms. The van der Waals surface area contributed by atoms with Crippen LogP contribution in [0.4, 0.5) is 0 Å². The Balaban J connectivity index is 1.87. The maximum atomic E-state index is 5.63. The average Bonchev–Trinajstić information content (AvgIpc) is 2.98. The van der Waals surface area contributed by atoms with Gasteiger partial charge in [0.1, 0.15) is 0 Å². The molecule has 5 heteroatoms. The quantitative estimate of drug-likeness (QED) is 0.940. The van der Waals surface area contributed by atoms with Crippen molar-refractivity contribution in [1.29, 1.82) is 0 Å². The van der Waals surface area contributed by atoms with Gasteiger partial charge in [0, 0.05) is 19.6 Å². The van der Waals surface area contributed by atoms with Gasteiger partial charge in [0.25, 0.3) is 0 Å². The van der Waals surface area contributed by atoms with Crippen LogP contribution >= 0.6 is 0 Å². The molecular weight excluding hydrogens is 276 g/mol. The SMILES string of the molecule is CC(C)C(c1ccccc1)c1nc(C2CNCCN2C)no1. The second-order valence-corrected chi connectivity index (χ2v) is 6.32. The number of benzene rings is 1. The molecule has 0 saturated carbocycles. The summed E-state index contributed by atoms with van der Waals surface area (Å²) in [5.41, 5.74) is 1.22. The second-order valence-electron chi connectivity index (χ2n) is 6.32. The van der Waals surface area contributed by atoms with Crippen molar-refractivity contribution in [2.24, 2.45) is 5.92 Å². The number of nitrogens with one attached hydrogen (secondary N) is 1. The van der Waals surface area contributed by atoms with E-state index in [2.05, 4.69) is 60.5 Å². The highest BCUT2D eigenvalue weighted by Gasteiger charge is 2.29. The number of hydrogen-bond acceptors (Lipinski definition) is 5. The first-order chi connectivity index (χ1) is 10.7. The Morgan fingerprint density at radius 2 is 2.05 bits per heavy atom. The molecule has 5 nitrogen and oxygen atoms in total. The van der Waals surface area contributed by atoms with Crippen molar-refractivity contribution >= 4 is 0 Å². The first kappa shape index (κ1) is 15.2. The summed E-state index contributed by atoms with van der Waals surface area (Å²) in [6, 6.07) is 10.6. The van der Waals surface area contributed by atoms with E-state index in [9.17, 15) is 0 Å². The summed E-state index contributed by atoms with van der Waals surface area (Å²) < 4.78 is 5.63. The van der Waals surface area contributed by atoms with Crippen molar-refractivity contribution in [2.45, 2.75) is 25.8 Å². The topological polar surface area (TPSA) is 54.2 Å². The Bertz CT molecular complexity index is 596. The summed E-state index contributed by atoms with van der Waals surface area (Å²) in [6.07, 6.45) is 0. The van der Waals surface area contributed by atoms with E-state index >= 15 is 0 Å². The second kappa shape index (κ2) is 6.58. The molecular formula is C17H24N4O. The van der Waals surface area contributed by atoms with Gasteiger partial charge in [0.05, 0.1) is 12.0 Å². The molecule has 2 atom stereocenters. The first-order valence-electron chi connectivity index (χ1n) is 7.96. The smallest absolute Gasteiger partial charge is 0.234 e. The van der Waals surface area contributed by atoms with Gasteiger partial charge in [-0.3, -0.25) is 4.90 Å². The van der Waals surface area contributed by atoms with Gasteiger partial charge < -0.3 is 9.84 Å². The van der Waals surface area contributed by atoms with Gasteiger partial charge in [0.2, 0.25) is 5.89 Å². The van der Waals surface area contributed by atoms with Crippen LogP contribution in [0.15, 0.2) is 34.9 Å². The molecule has 1 aromatic heterocycles. The average molecular weight is 300 g/mol. The Labute approximate surface area is 131 Å². The third kappa shape index (κ3) is 3.05. The molecule has 1 aliphatic rings. The van der Waals surface area contributed by atoms with Crippen molar-refractivity contribution < 1.29 is 4.52 Å². The van der Waals surface area contributed by atoms with E-state index in [1.54, 1.807) is 0 Å². The fourth-order valence-electron chi connectivity index (χ4n) is 3.08. The highest BCUT2D eigenvalue weighted by atomic mass is 16.5. The van der Waals surface area contributed by atoms with E-state index in [1.807, 2.05) is 6.07 Å². The predicted molar refractivity (Wildman–Crippen MR) is 85.7 cm³/mol. The normalized spacial score (nSPS) is 21.2. The molecule has 1 N–H and O–H groups in total. The zero-order valence-corrected chi connectivity index (χ0v) is 13.5. The molecule has 0 bridgehead atoms. The van der Waals surface area contributed by atoms with Crippen molar-refractivity contribution in [1.82, 2.24) is 20.4 Å². The molecule has 2 unspecified atom stereocenters. The van der Waals surface area contributed by atoms with E-state index in [0.717, 1.165) is 31.3 Å². The number of likely N-dealkylation sites (N-methyl/N-ethyl adjacent to an activating group) is 1. The number of nitrogens with zero attached hydrogens (tertiary/aromatic N) is 3. The third-order valence-corrected chi connectivity index (χ3v) is 4.36. The van der Waals surface area contributed by atoms with Crippen LogP contribution in [0.3, 0.4) is 0 Å². The maximum absolute atomic E-state index is 5.63. The zero-order valence-electron chi connectivity index (χ0n) is 13.5. The summed E-state index contributed by atoms with van der Waals surface area (Å²) in [5.74, 6) is 2.05. The van der Waals surface area contributed by atoms with Gasteiger partial charge in [-0.2, -0.15) is 4.98 Å². The van der Waals surface area contributed by atoms with Gasteiger partial charge in [0.15, 0.2) is 5.82 Å². The lowest BCUT2D eigenvalue weighted by atomic mass is 9.88. The maximum Gasteiger partial charge on any atom is 0.234 e. The molecule has 0 aliphatic carbocycles. The molecule has 22 heavy (non-hydrogen) atoms. The molecule has 2 heterocycles. The van der Waals surface area contributed by atoms with Crippen molar-refractivity contribution in [3.63, 3.8) is 0 Å². The highest BCUT2D eigenvalue weighted by Crippen LogP contribution is 2.31. The molecule has 2 aromatic rings. The molecule has 0 amide bonds. The minimum Gasteiger partial charge on any atom is -0.339 e. The summed E-state index contributed by atoms with van der Waals surface area (Å²) in [7, 11) is 2.11. The van der Waals surface area contributed by atoms with Crippen LogP contribution in [0.2, 0.25) is 0 Å². The number of hydrogen-bond donors (Lipinski definition) is 1. The molecule has 1 aromatic carbocycles. The van der Waals surface area contributed by atoms with Gasteiger partial charge in [-0.1, -0.05) is 49.3 Å². The van der Waals surface area contributed by atoms with Gasteiger partial charge in [-0.15, -0.1) is 0 Å². The molecule has 1 saturated heterocycles. The van der Waals surface area contributed by atoms with E-state index in [4.69, 9.17) is 9.51 Å². The van der Waals surface area contributed by atoms with Crippen molar-refractivity contribution in [3.05, 3.63) is 47.6 Å². The molecule has 1 fully saturated rings. The summed E-state index contributed by atoms with van der Waals surface area (Å²) >= 11 is 0.